The zero-order chi connectivity index (χ0) is 9.80. The number of thioether (sulfide) groups is 2. The summed E-state index contributed by atoms with van der Waals surface area (Å²) in [5, 5.41) is 1.53. The maximum absolute atomic E-state index is 6.38. The van der Waals surface area contributed by atoms with Crippen LogP contribution in [0.2, 0.25) is 0 Å². The predicted molar refractivity (Wildman–Crippen MR) is 68.2 cm³/mol. The van der Waals surface area contributed by atoms with Crippen molar-refractivity contribution in [1.82, 2.24) is 0 Å². The summed E-state index contributed by atoms with van der Waals surface area (Å²) in [6.45, 7) is 0. The van der Waals surface area contributed by atoms with Crippen LogP contribution in [0, 0.1) is 0 Å². The van der Waals surface area contributed by atoms with Gasteiger partial charge in [0.2, 0.25) is 0 Å². The molecule has 2 saturated heterocycles. The molecular weight excluding hydrogens is 210 g/mol. The lowest BCUT2D eigenvalue weighted by Crippen LogP contribution is -2.43. The van der Waals surface area contributed by atoms with E-state index in [1.165, 1.54) is 50.0 Å². The third-order valence-electron chi connectivity index (χ3n) is 3.29. The van der Waals surface area contributed by atoms with Crippen LogP contribution in [-0.2, 0) is 0 Å². The molecule has 0 amide bonds. The zero-order valence-corrected chi connectivity index (χ0v) is 10.4. The van der Waals surface area contributed by atoms with Crippen LogP contribution in [-0.4, -0.2) is 28.0 Å². The average Bonchev–Trinajstić information content (AvgIpc) is 2.30. The second kappa shape index (κ2) is 5.66. The number of nitrogens with two attached hydrogens (primary N) is 1. The number of hydrogen-bond acceptors (Lipinski definition) is 3. The van der Waals surface area contributed by atoms with E-state index in [9.17, 15) is 0 Å². The molecule has 3 heteroatoms. The fraction of sp³-hybridized carbons (Fsp3) is 1.00. The Hall–Kier alpha value is 0.660. The van der Waals surface area contributed by atoms with Crippen LogP contribution in [0.3, 0.4) is 0 Å². The van der Waals surface area contributed by atoms with Gasteiger partial charge in [-0.15, -0.1) is 0 Å². The van der Waals surface area contributed by atoms with Gasteiger partial charge in [0, 0.05) is 16.5 Å². The van der Waals surface area contributed by atoms with Crippen molar-refractivity contribution in [2.75, 3.05) is 11.5 Å². The first-order valence-corrected chi connectivity index (χ1v) is 7.96. The molecule has 0 aromatic carbocycles. The van der Waals surface area contributed by atoms with E-state index in [4.69, 9.17) is 5.73 Å². The smallest absolute Gasteiger partial charge is 0.0279 e. The molecule has 2 heterocycles. The summed E-state index contributed by atoms with van der Waals surface area (Å²) in [5.74, 6) is 2.69. The highest BCUT2D eigenvalue weighted by Gasteiger charge is 2.29. The molecule has 82 valence electrons. The first kappa shape index (κ1) is 11.2. The molecule has 0 bridgehead atoms. The summed E-state index contributed by atoms with van der Waals surface area (Å²) in [6.07, 6.45) is 8.36. The monoisotopic (exact) mass is 231 g/mol. The summed E-state index contributed by atoms with van der Waals surface area (Å²) < 4.78 is 0. The van der Waals surface area contributed by atoms with E-state index in [0.29, 0.717) is 6.04 Å². The van der Waals surface area contributed by atoms with Gasteiger partial charge in [0.25, 0.3) is 0 Å². The molecule has 0 saturated carbocycles. The summed E-state index contributed by atoms with van der Waals surface area (Å²) >= 11 is 4.25. The normalized spacial score (nSPS) is 36.6. The maximum Gasteiger partial charge on any atom is 0.0279 e. The minimum atomic E-state index is 0.464. The molecule has 1 nitrogen and oxygen atoms in total. The molecule has 14 heavy (non-hydrogen) atoms. The van der Waals surface area contributed by atoms with Crippen LogP contribution in [0.15, 0.2) is 0 Å². The SMILES string of the molecule is NC(C1CCCCS1)C1CCCCS1. The second-order valence-corrected chi connectivity index (χ2v) is 7.08. The van der Waals surface area contributed by atoms with E-state index in [1.807, 2.05) is 0 Å². The van der Waals surface area contributed by atoms with Gasteiger partial charge in [-0.05, 0) is 37.2 Å². The molecule has 2 fully saturated rings. The largest absolute Gasteiger partial charge is 0.326 e. The quantitative estimate of drug-likeness (QED) is 0.791. The van der Waals surface area contributed by atoms with Gasteiger partial charge in [0.05, 0.1) is 0 Å². The Labute approximate surface area is 96.0 Å². The molecule has 2 unspecified atom stereocenters. The van der Waals surface area contributed by atoms with Gasteiger partial charge in [0.15, 0.2) is 0 Å². The average molecular weight is 231 g/mol. The van der Waals surface area contributed by atoms with Crippen molar-refractivity contribution in [2.45, 2.75) is 55.1 Å². The molecule has 0 aromatic rings. The van der Waals surface area contributed by atoms with E-state index in [2.05, 4.69) is 23.5 Å². The lowest BCUT2D eigenvalue weighted by Gasteiger charge is -2.34. The Morgan fingerprint density at radius 3 is 1.71 bits per heavy atom. The van der Waals surface area contributed by atoms with Gasteiger partial charge in [-0.25, -0.2) is 0 Å². The Morgan fingerprint density at radius 1 is 0.857 bits per heavy atom. The Kier molecular flexibility index (Phi) is 4.51. The molecule has 0 radical (unpaired) electrons. The highest BCUT2D eigenvalue weighted by molar-refractivity contribution is 8.00. The van der Waals surface area contributed by atoms with E-state index in [0.717, 1.165) is 10.5 Å². The third-order valence-corrected chi connectivity index (χ3v) is 6.29. The van der Waals surface area contributed by atoms with E-state index < -0.39 is 0 Å². The summed E-state index contributed by atoms with van der Waals surface area (Å²) in [7, 11) is 0. The summed E-state index contributed by atoms with van der Waals surface area (Å²) in [4.78, 5) is 0. The van der Waals surface area contributed by atoms with Crippen molar-refractivity contribution in [3.8, 4) is 0 Å². The molecule has 2 rings (SSSR count). The van der Waals surface area contributed by atoms with Crippen LogP contribution < -0.4 is 5.73 Å². The molecule has 2 N–H and O–H groups in total. The highest BCUT2D eigenvalue weighted by atomic mass is 32.2. The van der Waals surface area contributed by atoms with Crippen LogP contribution in [0.4, 0.5) is 0 Å². The van der Waals surface area contributed by atoms with Crippen LogP contribution >= 0.6 is 23.5 Å². The van der Waals surface area contributed by atoms with Gasteiger partial charge in [-0.2, -0.15) is 23.5 Å². The number of rotatable bonds is 2. The standard InChI is InChI=1S/C11H21NS2/c12-11(9-5-1-3-7-13-9)10-6-2-4-8-14-10/h9-11H,1-8,12H2. The van der Waals surface area contributed by atoms with Gasteiger partial charge in [-0.3, -0.25) is 0 Å². The van der Waals surface area contributed by atoms with Crippen molar-refractivity contribution in [2.24, 2.45) is 5.73 Å². The first-order chi connectivity index (χ1) is 6.88. The molecule has 0 aliphatic carbocycles. The first-order valence-electron chi connectivity index (χ1n) is 5.87. The van der Waals surface area contributed by atoms with Gasteiger partial charge in [0.1, 0.15) is 0 Å². The predicted octanol–water partition coefficient (Wildman–Crippen LogP) is 2.89. The van der Waals surface area contributed by atoms with Crippen LogP contribution in [0.25, 0.3) is 0 Å². The Morgan fingerprint density at radius 2 is 1.36 bits per heavy atom. The second-order valence-electron chi connectivity index (χ2n) is 4.39. The summed E-state index contributed by atoms with van der Waals surface area (Å²) in [5.41, 5.74) is 6.38. The van der Waals surface area contributed by atoms with Crippen molar-refractivity contribution < 1.29 is 0 Å². The molecule has 2 aliphatic heterocycles. The topological polar surface area (TPSA) is 26.0 Å². The molecule has 0 aromatic heterocycles. The third kappa shape index (κ3) is 2.83. The fourth-order valence-electron chi connectivity index (χ4n) is 2.38. The van der Waals surface area contributed by atoms with Gasteiger partial charge in [-0.1, -0.05) is 12.8 Å². The lowest BCUT2D eigenvalue weighted by atomic mass is 10.0. The van der Waals surface area contributed by atoms with E-state index in [1.54, 1.807) is 0 Å². The van der Waals surface area contributed by atoms with Gasteiger partial charge >= 0.3 is 0 Å². The van der Waals surface area contributed by atoms with Crippen molar-refractivity contribution in [3.63, 3.8) is 0 Å². The lowest BCUT2D eigenvalue weighted by molar-refractivity contribution is 0.510. The van der Waals surface area contributed by atoms with E-state index >= 15 is 0 Å². The molecule has 2 atom stereocenters. The molecule has 2 aliphatic rings. The van der Waals surface area contributed by atoms with E-state index in [-0.39, 0.29) is 0 Å². The minimum Gasteiger partial charge on any atom is -0.326 e. The Balaban J connectivity index is 1.82. The number of hydrogen-bond donors (Lipinski definition) is 1. The molecular formula is C11H21NS2. The van der Waals surface area contributed by atoms with Crippen molar-refractivity contribution in [1.29, 1.82) is 0 Å². The minimum absolute atomic E-state index is 0.464. The Bertz CT molecular complexity index is 145. The van der Waals surface area contributed by atoms with Gasteiger partial charge < -0.3 is 5.73 Å². The highest BCUT2D eigenvalue weighted by Crippen LogP contribution is 2.34. The van der Waals surface area contributed by atoms with Crippen LogP contribution in [0.1, 0.15) is 38.5 Å². The summed E-state index contributed by atoms with van der Waals surface area (Å²) in [6, 6.07) is 0.464. The fourth-order valence-corrected chi connectivity index (χ4v) is 5.31. The maximum atomic E-state index is 6.38. The van der Waals surface area contributed by atoms with Crippen LogP contribution in [0.5, 0.6) is 0 Å². The zero-order valence-electron chi connectivity index (χ0n) is 8.78. The van der Waals surface area contributed by atoms with Crippen molar-refractivity contribution in [3.05, 3.63) is 0 Å². The van der Waals surface area contributed by atoms with Crippen molar-refractivity contribution >= 4 is 23.5 Å². The molecule has 0 spiro atoms.